The minimum atomic E-state index is -1.65. The molecule has 1 aromatic rings. The number of aliphatic hydroxyl groups is 1. The molecule has 13 N–H and O–H groups in total. The molecule has 0 unspecified atom stereocenters. The van der Waals surface area contributed by atoms with Crippen molar-refractivity contribution in [1.82, 2.24) is 21.3 Å². The third-order valence-corrected chi connectivity index (χ3v) is 5.60. The van der Waals surface area contributed by atoms with Gasteiger partial charge in [-0.25, -0.2) is 4.79 Å². The molecule has 0 heterocycles. The summed E-state index contributed by atoms with van der Waals surface area (Å²) in [7, 11) is 0. The lowest BCUT2D eigenvalue weighted by molar-refractivity contribution is -0.143. The number of hydrogen-bond donors (Lipinski definition) is 10. The van der Waals surface area contributed by atoms with Crippen molar-refractivity contribution in [3.8, 4) is 5.75 Å². The number of aliphatic carboxylic acids is 1. The van der Waals surface area contributed by atoms with Gasteiger partial charge in [-0.15, -0.1) is 0 Å². The molecule has 226 valence electrons. The summed E-state index contributed by atoms with van der Waals surface area (Å²) >= 11 is 0. The van der Waals surface area contributed by atoms with Crippen LogP contribution < -0.4 is 38.5 Å². The van der Waals surface area contributed by atoms with E-state index in [0.29, 0.717) is 5.56 Å². The molecule has 0 saturated carbocycles. The monoisotopic (exact) mass is 581 g/mol. The van der Waals surface area contributed by atoms with Gasteiger partial charge in [0, 0.05) is 19.3 Å². The molecule has 0 aliphatic heterocycles. The SMILES string of the molecule is NC(=O)CC[C@H](NC(=O)[C@@H](N)CCC(N)=O)C(=O)NCC(=O)N[C@@H](Cc1ccc(O)cc1)C(=O)N[C@@H](CO)C(=O)O. The van der Waals surface area contributed by atoms with Crippen molar-refractivity contribution in [2.24, 2.45) is 17.2 Å². The lowest BCUT2D eigenvalue weighted by Gasteiger charge is -2.22. The standard InChI is InChI=1S/C24H35N7O10/c25-14(5-7-18(26)34)21(37)30-15(6-8-19(27)35)22(38)28-10-20(36)29-16(9-12-1-3-13(33)4-2-12)23(39)31-17(11-32)24(40)41/h1-4,14-17,32-33H,5-11,25H2,(H2,26,34)(H2,27,35)(H,28,38)(H,29,36)(H,30,37)(H,31,39)(H,40,41)/t14-,15-,16-,17-/m0/s1. The van der Waals surface area contributed by atoms with Crippen molar-refractivity contribution in [2.45, 2.75) is 56.3 Å². The van der Waals surface area contributed by atoms with Crippen LogP contribution in [0.2, 0.25) is 0 Å². The van der Waals surface area contributed by atoms with Crippen molar-refractivity contribution in [1.29, 1.82) is 0 Å². The van der Waals surface area contributed by atoms with E-state index in [-0.39, 0.29) is 37.9 Å². The Morgan fingerprint density at radius 1 is 0.756 bits per heavy atom. The number of hydrogen-bond acceptors (Lipinski definition) is 10. The Hall–Kier alpha value is -4.77. The summed E-state index contributed by atoms with van der Waals surface area (Å²) in [4.78, 5) is 83.8. The molecule has 6 amide bonds. The topological polar surface area (TPSA) is 306 Å². The molecule has 1 rings (SSSR count). The smallest absolute Gasteiger partial charge is 0.328 e. The lowest BCUT2D eigenvalue weighted by atomic mass is 10.0. The van der Waals surface area contributed by atoms with Crippen LogP contribution in [0.3, 0.4) is 0 Å². The number of aliphatic hydroxyl groups excluding tert-OH is 1. The van der Waals surface area contributed by atoms with Gasteiger partial charge in [-0.05, 0) is 30.5 Å². The fourth-order valence-electron chi connectivity index (χ4n) is 3.33. The molecule has 0 radical (unpaired) electrons. The van der Waals surface area contributed by atoms with Gasteiger partial charge < -0.3 is 53.8 Å². The van der Waals surface area contributed by atoms with Crippen molar-refractivity contribution < 1.29 is 48.9 Å². The van der Waals surface area contributed by atoms with Crippen molar-refractivity contribution in [3.05, 3.63) is 29.8 Å². The number of primary amides is 2. The van der Waals surface area contributed by atoms with Gasteiger partial charge in [0.25, 0.3) is 0 Å². The van der Waals surface area contributed by atoms with Crippen LogP contribution in [0.4, 0.5) is 0 Å². The summed E-state index contributed by atoms with van der Waals surface area (Å²) in [6.45, 7) is -1.61. The number of amides is 6. The number of nitrogens with one attached hydrogen (secondary N) is 4. The zero-order chi connectivity index (χ0) is 31.1. The van der Waals surface area contributed by atoms with Gasteiger partial charge in [0.1, 0.15) is 23.9 Å². The highest BCUT2D eigenvalue weighted by molar-refractivity contribution is 5.94. The first-order valence-corrected chi connectivity index (χ1v) is 12.3. The van der Waals surface area contributed by atoms with E-state index < -0.39 is 78.7 Å². The average Bonchev–Trinajstić information content (AvgIpc) is 2.91. The van der Waals surface area contributed by atoms with Crippen molar-refractivity contribution >= 4 is 41.4 Å². The minimum absolute atomic E-state index is 0.0560. The van der Waals surface area contributed by atoms with Crippen LogP contribution in [0.15, 0.2) is 24.3 Å². The number of benzene rings is 1. The normalized spacial score (nSPS) is 13.5. The number of carbonyl (C=O) groups is 7. The van der Waals surface area contributed by atoms with E-state index >= 15 is 0 Å². The number of aromatic hydroxyl groups is 1. The largest absolute Gasteiger partial charge is 0.508 e. The number of carbonyl (C=O) groups excluding carboxylic acids is 6. The molecule has 4 atom stereocenters. The summed E-state index contributed by atoms with van der Waals surface area (Å²) in [6.07, 6.45) is -0.967. The van der Waals surface area contributed by atoms with E-state index in [1.807, 2.05) is 0 Å². The molecule has 41 heavy (non-hydrogen) atoms. The predicted octanol–water partition coefficient (Wildman–Crippen LogP) is -4.56. The van der Waals surface area contributed by atoms with Gasteiger partial charge in [-0.3, -0.25) is 28.8 Å². The molecule has 0 bridgehead atoms. The Balaban J connectivity index is 2.92. The van der Waals surface area contributed by atoms with Crippen LogP contribution in [0, 0.1) is 0 Å². The number of rotatable bonds is 18. The highest BCUT2D eigenvalue weighted by Crippen LogP contribution is 2.11. The van der Waals surface area contributed by atoms with Crippen LogP contribution >= 0.6 is 0 Å². The second kappa shape index (κ2) is 17.0. The molecule has 0 saturated heterocycles. The predicted molar refractivity (Wildman–Crippen MR) is 140 cm³/mol. The molecular weight excluding hydrogens is 546 g/mol. The van der Waals surface area contributed by atoms with E-state index in [4.69, 9.17) is 22.3 Å². The highest BCUT2D eigenvalue weighted by Gasteiger charge is 2.28. The van der Waals surface area contributed by atoms with E-state index in [1.165, 1.54) is 24.3 Å². The Morgan fingerprint density at radius 2 is 1.32 bits per heavy atom. The van der Waals surface area contributed by atoms with E-state index in [0.717, 1.165) is 0 Å². The maximum absolute atomic E-state index is 12.7. The molecule has 0 aliphatic rings. The average molecular weight is 582 g/mol. The quantitative estimate of drug-likeness (QED) is 0.0786. The molecule has 0 fully saturated rings. The molecule has 0 spiro atoms. The maximum Gasteiger partial charge on any atom is 0.328 e. The van der Waals surface area contributed by atoms with Gasteiger partial charge in [-0.2, -0.15) is 0 Å². The molecule has 0 aromatic heterocycles. The molecule has 17 nitrogen and oxygen atoms in total. The molecule has 1 aromatic carbocycles. The van der Waals surface area contributed by atoms with Gasteiger partial charge >= 0.3 is 5.97 Å². The van der Waals surface area contributed by atoms with Gasteiger partial charge in [0.05, 0.1) is 19.2 Å². The van der Waals surface area contributed by atoms with Crippen molar-refractivity contribution in [2.75, 3.05) is 13.2 Å². The third-order valence-electron chi connectivity index (χ3n) is 5.60. The van der Waals surface area contributed by atoms with Crippen LogP contribution in [-0.2, 0) is 40.0 Å². The van der Waals surface area contributed by atoms with Gasteiger partial charge in [0.2, 0.25) is 35.4 Å². The van der Waals surface area contributed by atoms with E-state index in [9.17, 15) is 43.8 Å². The third kappa shape index (κ3) is 13.2. The first kappa shape index (κ1) is 34.3. The Kier molecular flexibility index (Phi) is 14.2. The van der Waals surface area contributed by atoms with E-state index in [2.05, 4.69) is 21.3 Å². The zero-order valence-corrected chi connectivity index (χ0v) is 22.0. The highest BCUT2D eigenvalue weighted by atomic mass is 16.4. The number of carboxylic acid groups (broad SMARTS) is 1. The summed E-state index contributed by atoms with van der Waals surface area (Å²) < 4.78 is 0. The van der Waals surface area contributed by atoms with Crippen LogP contribution in [0.1, 0.15) is 31.2 Å². The second-order valence-corrected chi connectivity index (χ2v) is 8.97. The van der Waals surface area contributed by atoms with Crippen molar-refractivity contribution in [3.63, 3.8) is 0 Å². The number of phenolic OH excluding ortho intramolecular Hbond substituents is 1. The first-order chi connectivity index (χ1) is 19.2. The number of nitrogens with two attached hydrogens (primary N) is 3. The minimum Gasteiger partial charge on any atom is -0.508 e. The molecule has 17 heteroatoms. The lowest BCUT2D eigenvalue weighted by Crippen LogP contribution is -2.56. The Labute approximate surface area is 234 Å². The fraction of sp³-hybridized carbons (Fsp3) is 0.458. The fourth-order valence-corrected chi connectivity index (χ4v) is 3.33. The summed E-state index contributed by atoms with van der Waals surface area (Å²) in [5.41, 5.74) is 16.3. The summed E-state index contributed by atoms with van der Waals surface area (Å²) in [6, 6.07) is 0.0635. The van der Waals surface area contributed by atoms with Gasteiger partial charge in [-0.1, -0.05) is 12.1 Å². The molecule has 0 aliphatic carbocycles. The van der Waals surface area contributed by atoms with Gasteiger partial charge in [0.15, 0.2) is 0 Å². The van der Waals surface area contributed by atoms with Crippen LogP contribution in [-0.4, -0.2) is 94.1 Å². The summed E-state index contributed by atoms with van der Waals surface area (Å²) in [5.74, 6) is -6.55. The molecular formula is C24H35N7O10. The summed E-state index contributed by atoms with van der Waals surface area (Å²) in [5, 5.41) is 36.8. The van der Waals surface area contributed by atoms with Crippen LogP contribution in [0.25, 0.3) is 0 Å². The Bertz CT molecular complexity index is 1110. The first-order valence-electron chi connectivity index (χ1n) is 12.3. The zero-order valence-electron chi connectivity index (χ0n) is 22.0. The number of phenols is 1. The maximum atomic E-state index is 12.7. The second-order valence-electron chi connectivity index (χ2n) is 8.97. The Morgan fingerprint density at radius 3 is 1.85 bits per heavy atom. The number of carboxylic acids is 1. The van der Waals surface area contributed by atoms with Crippen LogP contribution in [0.5, 0.6) is 5.75 Å². The van der Waals surface area contributed by atoms with E-state index in [1.54, 1.807) is 0 Å².